The minimum Gasteiger partial charge on any atom is -0.453 e. The zero-order chi connectivity index (χ0) is 26.3. The Labute approximate surface area is 228 Å². The van der Waals surface area contributed by atoms with E-state index in [2.05, 4.69) is 40.1 Å². The molecule has 0 fully saturated rings. The molecule has 0 aliphatic carbocycles. The maximum atomic E-state index is 13.7. The van der Waals surface area contributed by atoms with Gasteiger partial charge in [-0.1, -0.05) is 72.3 Å². The first-order chi connectivity index (χ1) is 19.1. The molecule has 4 aromatic carbocycles. The smallest absolute Gasteiger partial charge is 0.282 e. The van der Waals surface area contributed by atoms with Gasteiger partial charge in [-0.15, -0.1) is 0 Å². The summed E-state index contributed by atoms with van der Waals surface area (Å²) in [4.78, 5) is 18.4. The van der Waals surface area contributed by atoms with Gasteiger partial charge in [-0.3, -0.25) is 4.79 Å². The topological polar surface area (TPSA) is 65.3 Å². The fourth-order valence-electron chi connectivity index (χ4n) is 4.92. The first kappa shape index (κ1) is 23.2. The molecule has 0 unspecified atom stereocenters. The molecule has 0 spiro atoms. The molecule has 0 N–H and O–H groups in total. The zero-order valence-electron chi connectivity index (χ0n) is 20.7. The largest absolute Gasteiger partial charge is 0.453 e. The lowest BCUT2D eigenvalue weighted by atomic mass is 10.2. The molecule has 188 valence electrons. The number of para-hydroxylation sites is 2. The lowest BCUT2D eigenvalue weighted by molar-refractivity contribution is 0.616. The first-order valence-electron chi connectivity index (χ1n) is 12.5. The Balaban J connectivity index is 1.39. The molecule has 6 nitrogen and oxygen atoms in total. The predicted molar refractivity (Wildman–Crippen MR) is 157 cm³/mol. The molecule has 0 saturated heterocycles. The molecule has 7 heteroatoms. The third kappa shape index (κ3) is 4.21. The van der Waals surface area contributed by atoms with Crippen LogP contribution in [-0.2, 0) is 6.54 Å². The van der Waals surface area contributed by atoms with Crippen LogP contribution in [0.1, 0.15) is 11.1 Å². The normalized spacial score (nSPS) is 11.8. The number of hydrogen-bond acceptors (Lipinski definition) is 4. The SMILES string of the molecule is O=c1c2ccccc2nc(-c2cc3cc(Cl)ccc3o2)n1N=Cc1cn(Cc2ccccc2)c2ccccc12. The minimum atomic E-state index is -0.279. The van der Waals surface area contributed by atoms with Crippen LogP contribution in [-0.4, -0.2) is 20.4 Å². The van der Waals surface area contributed by atoms with Gasteiger partial charge in [-0.2, -0.15) is 9.78 Å². The summed E-state index contributed by atoms with van der Waals surface area (Å²) in [6, 6.07) is 32.9. The fourth-order valence-corrected chi connectivity index (χ4v) is 5.10. The van der Waals surface area contributed by atoms with Crippen LogP contribution in [0.2, 0.25) is 5.02 Å². The zero-order valence-corrected chi connectivity index (χ0v) is 21.4. The van der Waals surface area contributed by atoms with Crippen LogP contribution in [0.25, 0.3) is 44.4 Å². The molecule has 3 heterocycles. The highest BCUT2D eigenvalue weighted by Gasteiger charge is 2.17. The summed E-state index contributed by atoms with van der Waals surface area (Å²) in [6.45, 7) is 0.722. The monoisotopic (exact) mass is 528 g/mol. The van der Waals surface area contributed by atoms with Crippen molar-refractivity contribution in [2.24, 2.45) is 5.10 Å². The Hall–Kier alpha value is -4.94. The van der Waals surface area contributed by atoms with Crippen molar-refractivity contribution in [2.75, 3.05) is 0 Å². The van der Waals surface area contributed by atoms with E-state index in [0.29, 0.717) is 33.1 Å². The molecular weight excluding hydrogens is 508 g/mol. The summed E-state index contributed by atoms with van der Waals surface area (Å²) < 4.78 is 9.59. The third-order valence-electron chi connectivity index (χ3n) is 6.78. The van der Waals surface area contributed by atoms with Crippen LogP contribution >= 0.6 is 11.6 Å². The molecule has 0 atom stereocenters. The number of benzene rings is 4. The maximum Gasteiger partial charge on any atom is 0.282 e. The van der Waals surface area contributed by atoms with Gasteiger partial charge < -0.3 is 8.98 Å². The highest BCUT2D eigenvalue weighted by atomic mass is 35.5. The molecule has 0 aliphatic heterocycles. The van der Waals surface area contributed by atoms with E-state index >= 15 is 0 Å². The fraction of sp³-hybridized carbons (Fsp3) is 0.0312. The minimum absolute atomic E-state index is 0.279. The average molecular weight is 529 g/mol. The van der Waals surface area contributed by atoms with Gasteiger partial charge >= 0.3 is 0 Å². The second-order valence-electron chi connectivity index (χ2n) is 9.32. The molecule has 0 radical (unpaired) electrons. The Kier molecular flexibility index (Phi) is 5.60. The summed E-state index contributed by atoms with van der Waals surface area (Å²) in [5.41, 5.74) is 4.12. The molecule has 3 aromatic heterocycles. The van der Waals surface area contributed by atoms with E-state index in [9.17, 15) is 4.79 Å². The van der Waals surface area contributed by atoms with Crippen LogP contribution in [0, 0.1) is 0 Å². The Morgan fingerprint density at radius 1 is 0.872 bits per heavy atom. The van der Waals surface area contributed by atoms with E-state index in [-0.39, 0.29) is 5.56 Å². The van der Waals surface area contributed by atoms with E-state index in [1.54, 1.807) is 24.4 Å². The average Bonchev–Trinajstić information content (AvgIpc) is 3.54. The number of halogens is 1. The van der Waals surface area contributed by atoms with Crippen LogP contribution in [0.5, 0.6) is 0 Å². The first-order valence-corrected chi connectivity index (χ1v) is 12.9. The van der Waals surface area contributed by atoms with E-state index in [0.717, 1.165) is 28.4 Å². The van der Waals surface area contributed by atoms with Crippen LogP contribution < -0.4 is 5.56 Å². The van der Waals surface area contributed by atoms with Gasteiger partial charge in [0.2, 0.25) is 5.82 Å². The summed E-state index contributed by atoms with van der Waals surface area (Å²) in [5, 5.41) is 7.61. The van der Waals surface area contributed by atoms with Crippen molar-refractivity contribution in [1.29, 1.82) is 0 Å². The molecule has 0 aliphatic rings. The van der Waals surface area contributed by atoms with Crippen molar-refractivity contribution >= 4 is 50.6 Å². The van der Waals surface area contributed by atoms with Gasteiger partial charge in [0.05, 0.1) is 17.1 Å². The molecule has 7 rings (SSSR count). The van der Waals surface area contributed by atoms with Gasteiger partial charge in [0.25, 0.3) is 5.56 Å². The highest BCUT2D eigenvalue weighted by Crippen LogP contribution is 2.29. The second kappa shape index (κ2) is 9.42. The van der Waals surface area contributed by atoms with Gasteiger partial charge in [-0.25, -0.2) is 4.98 Å². The number of nitrogens with zero attached hydrogens (tertiary/aromatic N) is 4. The van der Waals surface area contributed by atoms with Crippen LogP contribution in [0.3, 0.4) is 0 Å². The lowest BCUT2D eigenvalue weighted by Crippen LogP contribution is -2.20. The summed E-state index contributed by atoms with van der Waals surface area (Å²) in [7, 11) is 0. The number of rotatable bonds is 5. The lowest BCUT2D eigenvalue weighted by Gasteiger charge is -2.07. The summed E-state index contributed by atoms with van der Waals surface area (Å²) in [6.07, 6.45) is 3.77. The molecule has 7 aromatic rings. The quantitative estimate of drug-likeness (QED) is 0.219. The number of aromatic nitrogens is 3. The van der Waals surface area contributed by atoms with Gasteiger partial charge in [0, 0.05) is 39.6 Å². The Bertz CT molecular complexity index is 2090. The Morgan fingerprint density at radius 2 is 1.64 bits per heavy atom. The number of furan rings is 1. The van der Waals surface area contributed by atoms with Crippen molar-refractivity contribution in [1.82, 2.24) is 14.2 Å². The van der Waals surface area contributed by atoms with Crippen LogP contribution in [0.4, 0.5) is 0 Å². The summed E-state index contributed by atoms with van der Waals surface area (Å²) in [5.74, 6) is 0.745. The second-order valence-corrected chi connectivity index (χ2v) is 9.76. The standard InChI is InChI=1S/C32H21ClN4O2/c33-24-14-15-29-22(16-24)17-30(39-29)31-35-27-12-6-4-11-26(27)32(38)37(31)34-18-23-20-36(19-21-8-2-1-3-9-21)28-13-7-5-10-25(23)28/h1-18,20H,19H2. The predicted octanol–water partition coefficient (Wildman–Crippen LogP) is 7.35. The van der Waals surface area contributed by atoms with Crippen molar-refractivity contribution in [3.8, 4) is 11.6 Å². The highest BCUT2D eigenvalue weighted by molar-refractivity contribution is 6.31. The van der Waals surface area contributed by atoms with Crippen molar-refractivity contribution < 1.29 is 4.42 Å². The Morgan fingerprint density at radius 3 is 2.51 bits per heavy atom. The maximum absolute atomic E-state index is 13.7. The van der Waals surface area contributed by atoms with Crippen LogP contribution in [0.15, 0.2) is 124 Å². The van der Waals surface area contributed by atoms with E-state index in [1.807, 2.05) is 60.7 Å². The van der Waals surface area contributed by atoms with Gasteiger partial charge in [-0.05, 0) is 48.0 Å². The van der Waals surface area contributed by atoms with E-state index in [4.69, 9.17) is 21.0 Å². The van der Waals surface area contributed by atoms with Gasteiger partial charge in [0.1, 0.15) is 5.58 Å². The molecular formula is C32H21ClN4O2. The summed E-state index contributed by atoms with van der Waals surface area (Å²) >= 11 is 6.19. The third-order valence-corrected chi connectivity index (χ3v) is 7.02. The molecule has 39 heavy (non-hydrogen) atoms. The number of fused-ring (bicyclic) bond motifs is 3. The van der Waals surface area contributed by atoms with Crippen molar-refractivity contribution in [3.63, 3.8) is 0 Å². The van der Waals surface area contributed by atoms with E-state index in [1.165, 1.54) is 10.2 Å². The number of hydrogen-bond donors (Lipinski definition) is 0. The van der Waals surface area contributed by atoms with Gasteiger partial charge in [0.15, 0.2) is 5.76 Å². The van der Waals surface area contributed by atoms with E-state index < -0.39 is 0 Å². The molecule has 0 saturated carbocycles. The van der Waals surface area contributed by atoms with Crippen molar-refractivity contribution in [3.05, 3.63) is 136 Å². The molecule has 0 amide bonds. The molecule has 0 bridgehead atoms. The van der Waals surface area contributed by atoms with Crippen molar-refractivity contribution in [2.45, 2.75) is 6.54 Å².